The minimum Gasteiger partial charge on any atom is -0.486 e. The van der Waals surface area contributed by atoms with Crippen molar-refractivity contribution >= 4 is 21.9 Å². The molecule has 0 aliphatic carbocycles. The third kappa shape index (κ3) is 5.57. The fourth-order valence-corrected chi connectivity index (χ4v) is 3.97. The number of ether oxygens (including phenoxy) is 3. The first-order valence-corrected chi connectivity index (χ1v) is 11.5. The standard InChI is InChI=1S/C22H26N2O7S/c1-15-4-6-17(32(27,28)24(2)3)13-18(15)22(26)31-14-21(25)23-9-8-16-5-7-19-20(12-16)30-11-10-29-19/h4-7,12-13H,8-11,14H2,1-3H3,(H,23,25). The van der Waals surface area contributed by atoms with E-state index < -0.39 is 28.5 Å². The van der Waals surface area contributed by atoms with Crippen molar-refractivity contribution < 1.29 is 32.2 Å². The molecule has 0 saturated carbocycles. The van der Waals surface area contributed by atoms with Gasteiger partial charge in [-0.15, -0.1) is 0 Å². The Hall–Kier alpha value is -3.11. The molecule has 0 bridgehead atoms. The molecule has 0 saturated heterocycles. The zero-order valence-electron chi connectivity index (χ0n) is 18.2. The lowest BCUT2D eigenvalue weighted by Gasteiger charge is -2.18. The number of hydrogen-bond donors (Lipinski definition) is 1. The Morgan fingerprint density at radius 3 is 2.50 bits per heavy atom. The minimum absolute atomic E-state index is 0.0241. The van der Waals surface area contributed by atoms with Gasteiger partial charge >= 0.3 is 5.97 Å². The van der Waals surface area contributed by atoms with Crippen molar-refractivity contribution in [1.82, 2.24) is 9.62 Å². The van der Waals surface area contributed by atoms with Gasteiger partial charge in [0.1, 0.15) is 13.2 Å². The third-order valence-corrected chi connectivity index (χ3v) is 6.70. The Kier molecular flexibility index (Phi) is 7.37. The monoisotopic (exact) mass is 462 g/mol. The molecule has 0 atom stereocenters. The minimum atomic E-state index is -3.70. The van der Waals surface area contributed by atoms with Crippen LogP contribution in [-0.2, 0) is 26.0 Å². The second-order valence-corrected chi connectivity index (χ2v) is 9.57. The average molecular weight is 463 g/mol. The van der Waals surface area contributed by atoms with E-state index in [0.717, 1.165) is 9.87 Å². The van der Waals surface area contributed by atoms with Crippen molar-refractivity contribution in [2.75, 3.05) is 40.5 Å². The summed E-state index contributed by atoms with van der Waals surface area (Å²) in [5.74, 6) is 0.169. The Morgan fingerprint density at radius 2 is 1.78 bits per heavy atom. The molecule has 0 spiro atoms. The number of rotatable bonds is 8. The molecule has 32 heavy (non-hydrogen) atoms. The van der Waals surface area contributed by atoms with Crippen molar-refractivity contribution in [1.29, 1.82) is 0 Å². The first kappa shape index (κ1) is 23.6. The van der Waals surface area contributed by atoms with Crippen LogP contribution in [0.5, 0.6) is 11.5 Å². The summed E-state index contributed by atoms with van der Waals surface area (Å²) in [4.78, 5) is 24.5. The van der Waals surface area contributed by atoms with Crippen LogP contribution in [0.1, 0.15) is 21.5 Å². The number of benzene rings is 2. The van der Waals surface area contributed by atoms with Crippen LogP contribution in [0.4, 0.5) is 0 Å². The van der Waals surface area contributed by atoms with Gasteiger partial charge in [0.2, 0.25) is 10.0 Å². The zero-order valence-corrected chi connectivity index (χ0v) is 19.0. The molecule has 10 heteroatoms. The molecule has 0 fully saturated rings. The van der Waals surface area contributed by atoms with Gasteiger partial charge in [-0.1, -0.05) is 12.1 Å². The topological polar surface area (TPSA) is 111 Å². The molecule has 9 nitrogen and oxygen atoms in total. The number of amides is 1. The predicted octanol–water partition coefficient (Wildman–Crippen LogP) is 1.53. The van der Waals surface area contributed by atoms with Gasteiger partial charge in [-0.05, 0) is 48.7 Å². The highest BCUT2D eigenvalue weighted by atomic mass is 32.2. The predicted molar refractivity (Wildman–Crippen MR) is 116 cm³/mol. The summed E-state index contributed by atoms with van der Waals surface area (Å²) in [5, 5.41) is 2.69. The van der Waals surface area contributed by atoms with Gasteiger partial charge in [0.15, 0.2) is 18.1 Å². The van der Waals surface area contributed by atoms with Crippen molar-refractivity contribution in [3.8, 4) is 11.5 Å². The van der Waals surface area contributed by atoms with E-state index in [2.05, 4.69) is 5.32 Å². The summed E-state index contributed by atoms with van der Waals surface area (Å²) in [6.07, 6.45) is 0.569. The van der Waals surface area contributed by atoms with Gasteiger partial charge in [-0.25, -0.2) is 17.5 Å². The second-order valence-electron chi connectivity index (χ2n) is 7.42. The average Bonchev–Trinajstić information content (AvgIpc) is 2.77. The Morgan fingerprint density at radius 1 is 1.06 bits per heavy atom. The lowest BCUT2D eigenvalue weighted by atomic mass is 10.1. The van der Waals surface area contributed by atoms with Gasteiger partial charge < -0.3 is 19.5 Å². The van der Waals surface area contributed by atoms with Crippen molar-refractivity contribution in [3.05, 3.63) is 53.1 Å². The summed E-state index contributed by atoms with van der Waals surface area (Å²) in [5.41, 5.74) is 1.62. The van der Waals surface area contributed by atoms with Crippen LogP contribution in [0.15, 0.2) is 41.3 Å². The van der Waals surface area contributed by atoms with Crippen LogP contribution in [-0.4, -0.2) is 65.1 Å². The number of nitrogens with zero attached hydrogens (tertiary/aromatic N) is 1. The lowest BCUT2D eigenvalue weighted by Crippen LogP contribution is -2.30. The summed E-state index contributed by atoms with van der Waals surface area (Å²) < 4.78 is 41.7. The van der Waals surface area contributed by atoms with Crippen LogP contribution >= 0.6 is 0 Å². The number of carbonyl (C=O) groups excluding carboxylic acids is 2. The molecule has 1 aliphatic rings. The van der Waals surface area contributed by atoms with Gasteiger partial charge in [-0.2, -0.15) is 0 Å². The van der Waals surface area contributed by atoms with Crippen LogP contribution < -0.4 is 14.8 Å². The van der Waals surface area contributed by atoms with E-state index in [-0.39, 0.29) is 10.5 Å². The molecule has 0 aromatic heterocycles. The number of hydrogen-bond acceptors (Lipinski definition) is 7. The Balaban J connectivity index is 1.51. The van der Waals surface area contributed by atoms with Crippen molar-refractivity contribution in [3.63, 3.8) is 0 Å². The molecule has 172 valence electrons. The Labute approximate surface area is 187 Å². The maximum Gasteiger partial charge on any atom is 0.338 e. The fraction of sp³-hybridized carbons (Fsp3) is 0.364. The normalized spacial score (nSPS) is 13.0. The van der Waals surface area contributed by atoms with E-state index >= 15 is 0 Å². The Bertz CT molecular complexity index is 1110. The van der Waals surface area contributed by atoms with Gasteiger partial charge in [-0.3, -0.25) is 4.79 Å². The molecular weight excluding hydrogens is 436 g/mol. The van der Waals surface area contributed by atoms with Gasteiger partial charge in [0, 0.05) is 20.6 Å². The number of fused-ring (bicyclic) bond motifs is 1. The van der Waals surface area contributed by atoms with Crippen LogP contribution in [0.2, 0.25) is 0 Å². The van der Waals surface area contributed by atoms with Crippen LogP contribution in [0.3, 0.4) is 0 Å². The van der Waals surface area contributed by atoms with Crippen molar-refractivity contribution in [2.24, 2.45) is 0 Å². The maximum absolute atomic E-state index is 12.4. The van der Waals surface area contributed by atoms with E-state index in [4.69, 9.17) is 14.2 Å². The molecule has 0 radical (unpaired) electrons. The first-order valence-electron chi connectivity index (χ1n) is 10.0. The largest absolute Gasteiger partial charge is 0.486 e. The number of nitrogens with one attached hydrogen (secondary N) is 1. The van der Waals surface area contributed by atoms with E-state index in [9.17, 15) is 18.0 Å². The van der Waals surface area contributed by atoms with E-state index in [1.54, 1.807) is 6.92 Å². The molecule has 1 heterocycles. The molecule has 2 aromatic carbocycles. The fourth-order valence-electron chi connectivity index (χ4n) is 3.04. The molecule has 1 N–H and O–H groups in total. The smallest absolute Gasteiger partial charge is 0.338 e. The molecule has 2 aromatic rings. The van der Waals surface area contributed by atoms with E-state index in [1.807, 2.05) is 18.2 Å². The molecule has 0 unspecified atom stereocenters. The number of aryl methyl sites for hydroxylation is 1. The lowest BCUT2D eigenvalue weighted by molar-refractivity contribution is -0.124. The third-order valence-electron chi connectivity index (χ3n) is 4.88. The van der Waals surface area contributed by atoms with E-state index in [0.29, 0.717) is 43.2 Å². The van der Waals surface area contributed by atoms with Gasteiger partial charge in [0.05, 0.1) is 10.5 Å². The number of carbonyl (C=O) groups is 2. The molecule has 1 amide bonds. The summed E-state index contributed by atoms with van der Waals surface area (Å²) >= 11 is 0. The second kappa shape index (κ2) is 10.0. The molecular formula is C22H26N2O7S. The summed E-state index contributed by atoms with van der Waals surface area (Å²) in [6.45, 7) is 2.57. The highest BCUT2D eigenvalue weighted by Crippen LogP contribution is 2.30. The summed E-state index contributed by atoms with van der Waals surface area (Å²) in [7, 11) is -0.885. The van der Waals surface area contributed by atoms with Crippen molar-refractivity contribution in [2.45, 2.75) is 18.2 Å². The molecule has 3 rings (SSSR count). The highest BCUT2D eigenvalue weighted by Gasteiger charge is 2.21. The summed E-state index contributed by atoms with van der Waals surface area (Å²) in [6, 6.07) is 9.81. The van der Waals surface area contributed by atoms with Crippen LogP contribution in [0.25, 0.3) is 0 Å². The van der Waals surface area contributed by atoms with Gasteiger partial charge in [0.25, 0.3) is 5.91 Å². The first-order chi connectivity index (χ1) is 15.2. The highest BCUT2D eigenvalue weighted by molar-refractivity contribution is 7.89. The quantitative estimate of drug-likeness (QED) is 0.592. The zero-order chi connectivity index (χ0) is 23.3. The maximum atomic E-state index is 12.4. The SMILES string of the molecule is Cc1ccc(S(=O)(=O)N(C)C)cc1C(=O)OCC(=O)NCCc1ccc2c(c1)OCCO2. The van der Waals surface area contributed by atoms with E-state index in [1.165, 1.54) is 32.3 Å². The number of sulfonamides is 1. The number of esters is 1. The van der Waals surface area contributed by atoms with Crippen LogP contribution in [0, 0.1) is 6.92 Å². The molecule has 1 aliphatic heterocycles.